The van der Waals surface area contributed by atoms with Crippen LogP contribution in [0, 0.1) is 0 Å². The number of alkyl carbamates (subject to hydrolysis) is 1. The summed E-state index contributed by atoms with van der Waals surface area (Å²) in [5, 5.41) is 17.1. The Kier molecular flexibility index (Phi) is 9.34. The van der Waals surface area contributed by atoms with Crippen LogP contribution >= 0.6 is 35.3 Å². The number of fused-ring (bicyclic) bond motifs is 1. The van der Waals surface area contributed by atoms with E-state index >= 15 is 0 Å². The number of amides is 3. The van der Waals surface area contributed by atoms with Crippen LogP contribution in [-0.2, 0) is 23.9 Å². The van der Waals surface area contributed by atoms with Gasteiger partial charge in [-0.2, -0.15) is 13.2 Å². The first-order valence-electron chi connectivity index (χ1n) is 10.2. The van der Waals surface area contributed by atoms with Crippen LogP contribution in [0.3, 0.4) is 0 Å². The third-order valence-corrected chi connectivity index (χ3v) is 7.75. The molecule has 36 heavy (non-hydrogen) atoms. The molecule has 2 aliphatic rings. The molecule has 13 nitrogen and oxygen atoms in total. The molecule has 0 saturated carbocycles. The lowest BCUT2D eigenvalue weighted by atomic mass is 10.0. The monoisotopic (exact) mass is 571 g/mol. The van der Waals surface area contributed by atoms with E-state index in [1.807, 2.05) is 0 Å². The van der Waals surface area contributed by atoms with Crippen molar-refractivity contribution in [2.24, 2.45) is 0 Å². The Balaban J connectivity index is 1.75. The van der Waals surface area contributed by atoms with Gasteiger partial charge in [0, 0.05) is 11.0 Å². The number of thioether (sulfide) groups is 3. The van der Waals surface area contributed by atoms with Gasteiger partial charge in [-0.25, -0.2) is 14.7 Å². The fourth-order valence-corrected chi connectivity index (χ4v) is 5.96. The maximum atomic E-state index is 13.0. The molecule has 1 saturated heterocycles. The Morgan fingerprint density at radius 2 is 2.08 bits per heavy atom. The van der Waals surface area contributed by atoms with Crippen LogP contribution < -0.4 is 10.6 Å². The number of aromatic amines is 1. The van der Waals surface area contributed by atoms with Crippen molar-refractivity contribution in [2.45, 2.75) is 41.2 Å². The Morgan fingerprint density at radius 1 is 1.33 bits per heavy atom. The highest BCUT2D eigenvalue weighted by molar-refractivity contribution is 8.01. The number of halogens is 3. The zero-order valence-electron chi connectivity index (χ0n) is 18.7. The van der Waals surface area contributed by atoms with E-state index in [1.165, 1.54) is 23.5 Å². The van der Waals surface area contributed by atoms with Gasteiger partial charge < -0.3 is 14.8 Å². The molecule has 3 N–H and O–H groups in total. The lowest BCUT2D eigenvalue weighted by molar-refractivity contribution is -0.153. The number of nitrogens with zero attached hydrogens (tertiary/aromatic N) is 4. The number of carbonyl (C=O) groups excluding carboxylic acids is 4. The minimum atomic E-state index is -4.59. The number of aromatic nitrogens is 4. The molecule has 2 unspecified atom stereocenters. The molecule has 0 radical (unpaired) electrons. The van der Waals surface area contributed by atoms with E-state index < -0.39 is 70.3 Å². The van der Waals surface area contributed by atoms with Gasteiger partial charge in [-0.15, -0.1) is 16.9 Å². The van der Waals surface area contributed by atoms with Crippen LogP contribution in [0.2, 0.25) is 0 Å². The van der Waals surface area contributed by atoms with Gasteiger partial charge in [-0.3, -0.25) is 19.8 Å². The molecule has 1 fully saturated rings. The number of H-pyrrole nitrogens is 1. The van der Waals surface area contributed by atoms with Gasteiger partial charge in [-0.05, 0) is 41.6 Å². The number of β-lactam (4-membered cyclic amide) rings is 1. The molecule has 1 aromatic rings. The van der Waals surface area contributed by atoms with Crippen molar-refractivity contribution in [2.75, 3.05) is 24.8 Å². The summed E-state index contributed by atoms with van der Waals surface area (Å²) in [7, 11) is 0. The maximum Gasteiger partial charge on any atom is 0.442 e. The molecule has 3 heterocycles. The second-order valence-corrected chi connectivity index (χ2v) is 10.5. The van der Waals surface area contributed by atoms with Crippen LogP contribution in [0.1, 0.15) is 13.8 Å². The fourth-order valence-electron chi connectivity index (χ4n) is 3.16. The average molecular weight is 572 g/mol. The first-order chi connectivity index (χ1) is 17.0. The van der Waals surface area contributed by atoms with Gasteiger partial charge in [0.25, 0.3) is 5.91 Å². The maximum absolute atomic E-state index is 13.0. The lowest BCUT2D eigenvalue weighted by Gasteiger charge is -2.50. The predicted molar refractivity (Wildman–Crippen MR) is 121 cm³/mol. The van der Waals surface area contributed by atoms with Crippen LogP contribution in [0.5, 0.6) is 0 Å². The third-order valence-electron chi connectivity index (χ3n) is 4.67. The molecular formula is C17H20F3N7O6S3. The number of rotatable bonds is 10. The molecule has 0 bridgehead atoms. The lowest BCUT2D eigenvalue weighted by Crippen LogP contribution is -2.71. The topological polar surface area (TPSA) is 168 Å². The van der Waals surface area contributed by atoms with Gasteiger partial charge in [0.05, 0.1) is 12.4 Å². The second-order valence-electron chi connectivity index (χ2n) is 7.00. The molecule has 2 aliphatic heterocycles. The fraction of sp³-hybridized carbons (Fsp3) is 0.588. The summed E-state index contributed by atoms with van der Waals surface area (Å²) in [6.07, 6.45) is -0.808. The summed E-state index contributed by atoms with van der Waals surface area (Å²) in [5.41, 5.74) is -4.17. The van der Waals surface area contributed by atoms with Crippen molar-refractivity contribution in [3.8, 4) is 0 Å². The van der Waals surface area contributed by atoms with Crippen molar-refractivity contribution in [1.29, 1.82) is 0 Å². The summed E-state index contributed by atoms with van der Waals surface area (Å²) in [5.74, 6) is -3.22. The van der Waals surface area contributed by atoms with Crippen LogP contribution in [-0.4, -0.2) is 96.4 Å². The van der Waals surface area contributed by atoms with Crippen molar-refractivity contribution >= 4 is 59.2 Å². The zero-order chi connectivity index (χ0) is 26.5. The molecule has 0 spiro atoms. The SMILES string of the molecule is CCOC(=O)NCOC(=O)C1=C(C(C)Sc2nnn[nH]2)CS[C@H]2C(NC(=O)CSC(F)(F)F)C(=O)N12. The van der Waals surface area contributed by atoms with E-state index in [9.17, 15) is 32.3 Å². The standard InChI is InChI=1S/C17H20F3N7O6S3/c1-3-32-16(31)21-6-33-14(30)11-8(7(2)36-15-23-25-26-24-15)4-34-13-10(12(29)27(11)13)22-9(28)5-35-17(18,19)20/h7,10,13H,3-6H2,1-2H3,(H,21,31)(H,22,28)(H,23,24,25,26)/t7?,10?,13-/m0/s1. The highest BCUT2D eigenvalue weighted by Gasteiger charge is 2.55. The number of hydrogen-bond acceptors (Lipinski definition) is 12. The van der Waals surface area contributed by atoms with Gasteiger partial charge in [0.1, 0.15) is 17.1 Å². The van der Waals surface area contributed by atoms with E-state index in [4.69, 9.17) is 4.74 Å². The number of nitrogens with one attached hydrogen (secondary N) is 3. The summed E-state index contributed by atoms with van der Waals surface area (Å²) in [4.78, 5) is 50.4. The van der Waals surface area contributed by atoms with Crippen molar-refractivity contribution in [3.05, 3.63) is 11.3 Å². The van der Waals surface area contributed by atoms with Gasteiger partial charge >= 0.3 is 17.6 Å². The third kappa shape index (κ3) is 6.96. The van der Waals surface area contributed by atoms with Crippen LogP contribution in [0.25, 0.3) is 0 Å². The van der Waals surface area contributed by atoms with Crippen molar-refractivity contribution in [1.82, 2.24) is 36.2 Å². The Labute approximate surface area is 214 Å². The number of tetrazole rings is 1. The van der Waals surface area contributed by atoms with Crippen molar-refractivity contribution in [3.63, 3.8) is 0 Å². The van der Waals surface area contributed by atoms with E-state index in [0.29, 0.717) is 10.7 Å². The molecule has 3 atom stereocenters. The molecule has 198 valence electrons. The Bertz CT molecular complexity index is 1030. The summed E-state index contributed by atoms with van der Waals surface area (Å²) < 4.78 is 46.9. The highest BCUT2D eigenvalue weighted by Crippen LogP contribution is 2.43. The number of hydrogen-bond donors (Lipinski definition) is 3. The van der Waals surface area contributed by atoms with Gasteiger partial charge in [0.2, 0.25) is 11.1 Å². The number of carbonyl (C=O) groups is 4. The number of esters is 1. The van der Waals surface area contributed by atoms with E-state index in [2.05, 4.69) is 36.0 Å². The minimum Gasteiger partial charge on any atom is -0.450 e. The molecule has 19 heteroatoms. The average Bonchev–Trinajstić information content (AvgIpc) is 3.32. The van der Waals surface area contributed by atoms with Crippen LogP contribution in [0.15, 0.2) is 16.4 Å². The Morgan fingerprint density at radius 3 is 2.72 bits per heavy atom. The Hall–Kier alpha value is -2.67. The smallest absolute Gasteiger partial charge is 0.442 e. The summed E-state index contributed by atoms with van der Waals surface area (Å²) in [6, 6.07) is -1.11. The van der Waals surface area contributed by atoms with E-state index in [1.54, 1.807) is 13.8 Å². The minimum absolute atomic E-state index is 0.0861. The van der Waals surface area contributed by atoms with E-state index in [-0.39, 0.29) is 18.1 Å². The normalized spacial score (nSPS) is 20.2. The number of alkyl halides is 3. The number of ether oxygens (including phenoxy) is 2. The molecule has 0 aliphatic carbocycles. The quantitative estimate of drug-likeness (QED) is 0.157. The largest absolute Gasteiger partial charge is 0.450 e. The van der Waals surface area contributed by atoms with Crippen molar-refractivity contribution < 1.29 is 41.8 Å². The van der Waals surface area contributed by atoms with Crippen LogP contribution in [0.4, 0.5) is 18.0 Å². The molecule has 1 aromatic heterocycles. The first kappa shape index (κ1) is 27.9. The van der Waals surface area contributed by atoms with Gasteiger partial charge in [-0.1, -0.05) is 11.8 Å². The summed E-state index contributed by atoms with van der Waals surface area (Å²) >= 11 is 1.89. The molecular weight excluding hydrogens is 551 g/mol. The second kappa shape index (κ2) is 12.0. The summed E-state index contributed by atoms with van der Waals surface area (Å²) in [6.45, 7) is 2.93. The molecule has 3 rings (SSSR count). The first-order valence-corrected chi connectivity index (χ1v) is 13.1. The zero-order valence-corrected chi connectivity index (χ0v) is 21.1. The molecule has 3 amide bonds. The van der Waals surface area contributed by atoms with E-state index in [0.717, 1.165) is 4.90 Å². The predicted octanol–water partition coefficient (Wildman–Crippen LogP) is 0.834. The highest BCUT2D eigenvalue weighted by atomic mass is 32.2. The van der Waals surface area contributed by atoms with Gasteiger partial charge in [0.15, 0.2) is 6.73 Å². The molecule has 0 aromatic carbocycles.